The van der Waals surface area contributed by atoms with Gasteiger partial charge in [0, 0.05) is 39.9 Å². The molecule has 2 aliphatic rings. The van der Waals surface area contributed by atoms with Crippen molar-refractivity contribution in [3.8, 4) is 0 Å². The Morgan fingerprint density at radius 1 is 0.800 bits per heavy atom. The second-order valence-electron chi connectivity index (χ2n) is 11.7. The first kappa shape index (κ1) is 25.2. The van der Waals surface area contributed by atoms with Crippen molar-refractivity contribution in [3.05, 3.63) is 84.1 Å². The zero-order valence-corrected chi connectivity index (χ0v) is 23.4. The van der Waals surface area contributed by atoms with Crippen LogP contribution in [0.2, 0.25) is 0 Å². The second-order valence-corrected chi connectivity index (χ2v) is 11.7. The van der Waals surface area contributed by atoms with Crippen molar-refractivity contribution in [1.29, 1.82) is 0 Å². The van der Waals surface area contributed by atoms with Gasteiger partial charge in [0.05, 0.1) is 12.0 Å². The Bertz CT molecular complexity index is 1630. The third-order valence-corrected chi connectivity index (χ3v) is 8.99. The van der Waals surface area contributed by atoms with Crippen LogP contribution < -0.4 is 5.32 Å². The molecule has 2 aliphatic heterocycles. The second kappa shape index (κ2) is 10.6. The van der Waals surface area contributed by atoms with Crippen LogP contribution in [0.3, 0.4) is 0 Å². The summed E-state index contributed by atoms with van der Waals surface area (Å²) in [4.78, 5) is 16.9. The SMILES string of the molecule is CN1CCC(c2c[nH]c3ccc(N=C(Nc4ccc5[nH]cc(C6CCN(C)CC6)c5c4)c4ccco4)cc23)CC1. The molecule has 0 aliphatic carbocycles. The molecule has 0 spiro atoms. The summed E-state index contributed by atoms with van der Waals surface area (Å²) < 4.78 is 5.83. The summed E-state index contributed by atoms with van der Waals surface area (Å²) in [5, 5.41) is 6.15. The number of fused-ring (bicyclic) bond motifs is 2. The maximum Gasteiger partial charge on any atom is 0.174 e. The highest BCUT2D eigenvalue weighted by atomic mass is 16.3. The number of piperidine rings is 2. The van der Waals surface area contributed by atoms with Crippen LogP contribution >= 0.6 is 0 Å². The minimum absolute atomic E-state index is 0.582. The molecule has 5 aromatic rings. The number of hydrogen-bond donors (Lipinski definition) is 3. The van der Waals surface area contributed by atoms with E-state index in [2.05, 4.69) is 88.0 Å². The Morgan fingerprint density at radius 3 is 2.00 bits per heavy atom. The lowest BCUT2D eigenvalue weighted by atomic mass is 9.89. The Morgan fingerprint density at radius 2 is 1.40 bits per heavy atom. The zero-order chi connectivity index (χ0) is 27.1. The van der Waals surface area contributed by atoms with E-state index >= 15 is 0 Å². The molecule has 7 rings (SSSR count). The van der Waals surface area contributed by atoms with Crippen LogP contribution in [0.5, 0.6) is 0 Å². The largest absolute Gasteiger partial charge is 0.461 e. The van der Waals surface area contributed by atoms with Crippen LogP contribution in [0.1, 0.15) is 54.4 Å². The fraction of sp³-hybridized carbons (Fsp3) is 0.364. The summed E-state index contributed by atoms with van der Waals surface area (Å²) in [6, 6.07) is 16.8. The van der Waals surface area contributed by atoms with Crippen LogP contribution in [0.25, 0.3) is 21.8 Å². The van der Waals surface area contributed by atoms with E-state index in [-0.39, 0.29) is 0 Å². The third-order valence-electron chi connectivity index (χ3n) is 8.99. The fourth-order valence-electron chi connectivity index (χ4n) is 6.56. The van der Waals surface area contributed by atoms with Crippen LogP contribution in [-0.4, -0.2) is 65.9 Å². The highest BCUT2D eigenvalue weighted by Gasteiger charge is 2.23. The van der Waals surface area contributed by atoms with Crippen molar-refractivity contribution in [1.82, 2.24) is 19.8 Å². The molecule has 0 saturated carbocycles. The number of nitrogens with one attached hydrogen (secondary N) is 3. The summed E-state index contributed by atoms with van der Waals surface area (Å²) in [6.07, 6.45) is 10.9. The first-order valence-electron chi connectivity index (χ1n) is 14.6. The normalized spacial score (nSPS) is 18.7. The number of nitrogens with zero attached hydrogens (tertiary/aromatic N) is 3. The van der Waals surface area contributed by atoms with E-state index in [4.69, 9.17) is 9.41 Å². The van der Waals surface area contributed by atoms with E-state index in [1.54, 1.807) is 6.26 Å². The maximum atomic E-state index is 5.83. The molecule has 2 aromatic carbocycles. The highest BCUT2D eigenvalue weighted by Crippen LogP contribution is 2.36. The average Bonchev–Trinajstić information content (AvgIpc) is 3.74. The van der Waals surface area contributed by atoms with Crippen LogP contribution in [0, 0.1) is 0 Å². The lowest BCUT2D eigenvalue weighted by Gasteiger charge is -2.28. The van der Waals surface area contributed by atoms with Crippen molar-refractivity contribution < 1.29 is 4.42 Å². The number of benzene rings is 2. The molecule has 0 bridgehead atoms. The van der Waals surface area contributed by atoms with Gasteiger partial charge < -0.3 is 29.5 Å². The molecule has 5 heterocycles. The van der Waals surface area contributed by atoms with Crippen molar-refractivity contribution in [2.45, 2.75) is 37.5 Å². The Hall–Kier alpha value is -3.81. The van der Waals surface area contributed by atoms with Gasteiger partial charge >= 0.3 is 0 Å². The third kappa shape index (κ3) is 4.95. The number of amidine groups is 1. The fourth-order valence-corrected chi connectivity index (χ4v) is 6.56. The predicted octanol–water partition coefficient (Wildman–Crippen LogP) is 7.05. The summed E-state index contributed by atoms with van der Waals surface area (Å²) in [7, 11) is 4.43. The number of furan rings is 1. The lowest BCUT2D eigenvalue weighted by molar-refractivity contribution is 0.256. The molecule has 0 atom stereocenters. The number of likely N-dealkylation sites (tertiary alicyclic amines) is 2. The molecule has 0 amide bonds. The molecule has 3 aromatic heterocycles. The molecular formula is C33H38N6O. The average molecular weight is 535 g/mol. The van der Waals surface area contributed by atoms with E-state index in [1.165, 1.54) is 58.6 Å². The maximum absolute atomic E-state index is 5.83. The van der Waals surface area contributed by atoms with Crippen molar-refractivity contribution >= 4 is 39.0 Å². The van der Waals surface area contributed by atoms with Gasteiger partial charge in [0.1, 0.15) is 0 Å². The Kier molecular flexibility index (Phi) is 6.69. The van der Waals surface area contributed by atoms with Crippen molar-refractivity contribution in [2.75, 3.05) is 45.6 Å². The van der Waals surface area contributed by atoms with E-state index in [1.807, 2.05) is 12.1 Å². The molecule has 2 saturated heterocycles. The zero-order valence-electron chi connectivity index (χ0n) is 23.4. The topological polar surface area (TPSA) is 75.6 Å². The van der Waals surface area contributed by atoms with Gasteiger partial charge in [-0.1, -0.05) is 0 Å². The standard InChI is InChI=1S/C33H38N6O/c1-38-13-9-22(10-14-38)28-20-34-30-7-5-24(18-26(28)30)36-33(32-4-3-17-40-32)37-25-6-8-31-27(19-25)29(21-35-31)23-11-15-39(2)16-12-23/h3-8,17-23,34-35H,9-16H2,1-2H3,(H,36,37). The number of aliphatic imine (C=N–C) groups is 1. The minimum Gasteiger partial charge on any atom is -0.461 e. The number of hydrogen-bond acceptors (Lipinski definition) is 4. The molecular weight excluding hydrogens is 496 g/mol. The summed E-state index contributed by atoms with van der Waals surface area (Å²) in [5.74, 6) is 2.59. The lowest BCUT2D eigenvalue weighted by Crippen LogP contribution is -2.29. The Balaban J connectivity index is 1.21. The summed E-state index contributed by atoms with van der Waals surface area (Å²) in [5.41, 5.74) is 7.09. The number of anilines is 1. The van der Waals surface area contributed by atoms with Gasteiger partial charge in [0.2, 0.25) is 0 Å². The first-order valence-corrected chi connectivity index (χ1v) is 14.6. The van der Waals surface area contributed by atoms with Crippen LogP contribution in [-0.2, 0) is 0 Å². The van der Waals surface area contributed by atoms with E-state index in [0.29, 0.717) is 17.7 Å². The minimum atomic E-state index is 0.582. The van der Waals surface area contributed by atoms with Gasteiger partial charge in [0.25, 0.3) is 0 Å². The summed E-state index contributed by atoms with van der Waals surface area (Å²) in [6.45, 7) is 4.59. The van der Waals surface area contributed by atoms with Gasteiger partial charge in [-0.3, -0.25) is 0 Å². The number of H-pyrrole nitrogens is 2. The Labute approximate surface area is 235 Å². The molecule has 7 nitrogen and oxygen atoms in total. The molecule has 0 radical (unpaired) electrons. The van der Waals surface area contributed by atoms with Crippen molar-refractivity contribution in [2.24, 2.45) is 4.99 Å². The molecule has 3 N–H and O–H groups in total. The van der Waals surface area contributed by atoms with Crippen LogP contribution in [0.4, 0.5) is 11.4 Å². The highest BCUT2D eigenvalue weighted by molar-refractivity contribution is 6.08. The smallest absolute Gasteiger partial charge is 0.174 e. The first-order chi connectivity index (χ1) is 19.6. The summed E-state index contributed by atoms with van der Waals surface area (Å²) >= 11 is 0. The molecule has 40 heavy (non-hydrogen) atoms. The van der Waals surface area contributed by atoms with Gasteiger partial charge in [0.15, 0.2) is 11.6 Å². The quantitative estimate of drug-likeness (QED) is 0.167. The van der Waals surface area contributed by atoms with Crippen molar-refractivity contribution in [3.63, 3.8) is 0 Å². The van der Waals surface area contributed by atoms with Gasteiger partial charge in [-0.2, -0.15) is 0 Å². The van der Waals surface area contributed by atoms with E-state index in [9.17, 15) is 0 Å². The molecule has 206 valence electrons. The molecule has 7 heteroatoms. The van der Waals surface area contributed by atoms with E-state index < -0.39 is 0 Å². The monoisotopic (exact) mass is 534 g/mol. The van der Waals surface area contributed by atoms with Crippen LogP contribution in [0.15, 0.2) is 76.6 Å². The van der Waals surface area contributed by atoms with E-state index in [0.717, 1.165) is 43.3 Å². The predicted molar refractivity (Wildman–Crippen MR) is 164 cm³/mol. The van der Waals surface area contributed by atoms with Gasteiger partial charge in [-0.05, 0) is 137 Å². The molecule has 2 fully saturated rings. The number of rotatable bonds is 5. The van der Waals surface area contributed by atoms with Gasteiger partial charge in [-0.25, -0.2) is 4.99 Å². The number of aromatic nitrogens is 2. The molecule has 0 unspecified atom stereocenters. The number of aromatic amines is 2. The van der Waals surface area contributed by atoms with Gasteiger partial charge in [-0.15, -0.1) is 0 Å².